The summed E-state index contributed by atoms with van der Waals surface area (Å²) in [6, 6.07) is 17.8. The number of hydrogen-bond donors (Lipinski definition) is 1. The highest BCUT2D eigenvalue weighted by atomic mass is 32.1. The van der Waals surface area contributed by atoms with Gasteiger partial charge in [-0.1, -0.05) is 36.4 Å². The Balaban J connectivity index is 1.34. The van der Waals surface area contributed by atoms with Gasteiger partial charge in [0.1, 0.15) is 5.69 Å². The molecule has 1 N–H and O–H groups in total. The van der Waals surface area contributed by atoms with Gasteiger partial charge in [0.15, 0.2) is 5.13 Å². The Labute approximate surface area is 179 Å². The van der Waals surface area contributed by atoms with Crippen LogP contribution in [0, 0.1) is 0 Å². The number of carbonyl (C=O) groups is 1. The van der Waals surface area contributed by atoms with Gasteiger partial charge in [0.05, 0.1) is 5.69 Å². The molecule has 0 aliphatic rings. The number of nitrogens with zero attached hydrogens (tertiary/aromatic N) is 3. The summed E-state index contributed by atoms with van der Waals surface area (Å²) in [5.74, 6) is -0.142. The van der Waals surface area contributed by atoms with Gasteiger partial charge < -0.3 is 4.57 Å². The normalized spacial score (nSPS) is 11.1. The predicted octanol–water partition coefficient (Wildman–Crippen LogP) is 5.40. The van der Waals surface area contributed by atoms with Crippen LogP contribution in [0.15, 0.2) is 78.6 Å². The van der Waals surface area contributed by atoms with Crippen LogP contribution in [0.5, 0.6) is 0 Å². The lowest BCUT2D eigenvalue weighted by atomic mass is 10.1. The third-order valence-corrected chi connectivity index (χ3v) is 5.44. The fourth-order valence-electron chi connectivity index (χ4n) is 3.15. The Morgan fingerprint density at radius 2 is 1.87 bits per heavy atom. The molecule has 0 saturated heterocycles. The lowest BCUT2D eigenvalue weighted by Gasteiger charge is -2.09. The molecule has 1 amide bonds. The SMILES string of the molecule is O=C(Nc1nc(/C=C/c2ccccc2)cs1)c1cccn1CCCc1ccncc1. The molecular weight excluding hydrogens is 392 g/mol. The maximum Gasteiger partial charge on any atom is 0.274 e. The standard InChI is InChI=1S/C24H22N4OS/c29-23(22-9-5-17-28(22)16-4-8-20-12-14-25-15-13-20)27-24-26-21(18-30-24)11-10-19-6-2-1-3-7-19/h1-3,5-7,9-15,17-18H,4,8,16H2,(H,26,27,29)/b11-10+. The molecule has 0 aliphatic carbocycles. The van der Waals surface area contributed by atoms with Gasteiger partial charge in [0, 0.05) is 30.5 Å². The molecule has 0 atom stereocenters. The van der Waals surface area contributed by atoms with Crippen LogP contribution >= 0.6 is 11.3 Å². The molecule has 3 aromatic heterocycles. The van der Waals surface area contributed by atoms with Crippen molar-refractivity contribution in [2.24, 2.45) is 0 Å². The summed E-state index contributed by atoms with van der Waals surface area (Å²) < 4.78 is 1.99. The molecule has 0 aliphatic heterocycles. The molecule has 0 radical (unpaired) electrons. The zero-order chi connectivity index (χ0) is 20.6. The summed E-state index contributed by atoms with van der Waals surface area (Å²) in [5.41, 5.74) is 3.83. The van der Waals surface area contributed by atoms with Crippen LogP contribution in [0.2, 0.25) is 0 Å². The third kappa shape index (κ3) is 5.30. The number of pyridine rings is 1. The number of amides is 1. The first-order valence-electron chi connectivity index (χ1n) is 9.82. The van der Waals surface area contributed by atoms with Gasteiger partial charge in [-0.15, -0.1) is 11.3 Å². The van der Waals surface area contributed by atoms with Crippen LogP contribution in [-0.4, -0.2) is 20.4 Å². The Morgan fingerprint density at radius 1 is 1.03 bits per heavy atom. The summed E-state index contributed by atoms with van der Waals surface area (Å²) in [7, 11) is 0. The number of aryl methyl sites for hydroxylation is 2. The topological polar surface area (TPSA) is 59.8 Å². The minimum atomic E-state index is -0.142. The van der Waals surface area contributed by atoms with Crippen molar-refractivity contribution in [1.29, 1.82) is 0 Å². The van der Waals surface area contributed by atoms with Gasteiger partial charge in [0.25, 0.3) is 5.91 Å². The highest BCUT2D eigenvalue weighted by molar-refractivity contribution is 7.14. The van der Waals surface area contributed by atoms with Crippen molar-refractivity contribution in [2.45, 2.75) is 19.4 Å². The number of anilines is 1. The van der Waals surface area contributed by atoms with E-state index in [1.54, 1.807) is 12.4 Å². The quantitative estimate of drug-likeness (QED) is 0.420. The van der Waals surface area contributed by atoms with Gasteiger partial charge in [-0.2, -0.15) is 0 Å². The van der Waals surface area contributed by atoms with Gasteiger partial charge in [-0.05, 0) is 54.3 Å². The van der Waals surface area contributed by atoms with Gasteiger partial charge in [0.2, 0.25) is 0 Å². The number of hydrogen-bond acceptors (Lipinski definition) is 4. The molecule has 1 aromatic carbocycles. The minimum Gasteiger partial charge on any atom is -0.344 e. The average molecular weight is 415 g/mol. The summed E-state index contributed by atoms with van der Waals surface area (Å²) in [5, 5.41) is 5.44. The fourth-order valence-corrected chi connectivity index (χ4v) is 3.82. The zero-order valence-electron chi connectivity index (χ0n) is 16.4. The number of nitrogens with one attached hydrogen (secondary N) is 1. The smallest absolute Gasteiger partial charge is 0.274 e. The first-order chi connectivity index (χ1) is 14.8. The Hall–Kier alpha value is -3.51. The summed E-state index contributed by atoms with van der Waals surface area (Å²) in [6.07, 6.45) is 11.4. The first-order valence-corrected chi connectivity index (χ1v) is 10.7. The highest BCUT2D eigenvalue weighted by Gasteiger charge is 2.12. The highest BCUT2D eigenvalue weighted by Crippen LogP contribution is 2.19. The van der Waals surface area contributed by atoms with Crippen LogP contribution in [0.1, 0.15) is 33.7 Å². The maximum absolute atomic E-state index is 12.7. The number of aromatic nitrogens is 3. The van der Waals surface area contributed by atoms with Crippen LogP contribution in [0.25, 0.3) is 12.2 Å². The molecule has 150 valence electrons. The number of rotatable bonds is 8. The van der Waals surface area contributed by atoms with Crippen molar-refractivity contribution in [3.8, 4) is 0 Å². The molecule has 4 aromatic rings. The van der Waals surface area contributed by atoms with E-state index in [1.807, 2.05) is 82.9 Å². The molecule has 0 unspecified atom stereocenters. The van der Waals surface area contributed by atoms with Crippen molar-refractivity contribution < 1.29 is 4.79 Å². The van der Waals surface area contributed by atoms with E-state index in [-0.39, 0.29) is 5.91 Å². The number of benzene rings is 1. The van der Waals surface area contributed by atoms with E-state index in [9.17, 15) is 4.79 Å². The molecule has 0 bridgehead atoms. The van der Waals surface area contributed by atoms with Crippen molar-refractivity contribution in [1.82, 2.24) is 14.5 Å². The van der Waals surface area contributed by atoms with E-state index < -0.39 is 0 Å². The summed E-state index contributed by atoms with van der Waals surface area (Å²) >= 11 is 1.42. The second-order valence-electron chi connectivity index (χ2n) is 6.82. The molecule has 30 heavy (non-hydrogen) atoms. The Morgan fingerprint density at radius 3 is 2.70 bits per heavy atom. The minimum absolute atomic E-state index is 0.142. The predicted molar refractivity (Wildman–Crippen MR) is 122 cm³/mol. The van der Waals surface area contributed by atoms with E-state index in [1.165, 1.54) is 16.9 Å². The van der Waals surface area contributed by atoms with Crippen LogP contribution < -0.4 is 5.32 Å². The van der Waals surface area contributed by atoms with Crippen molar-refractivity contribution >= 4 is 34.5 Å². The molecule has 0 saturated carbocycles. The van der Waals surface area contributed by atoms with Gasteiger partial charge in [-0.3, -0.25) is 15.1 Å². The molecular formula is C24H22N4OS. The zero-order valence-corrected chi connectivity index (χ0v) is 17.3. The van der Waals surface area contributed by atoms with Crippen molar-refractivity contribution in [3.05, 3.63) is 101 Å². The molecule has 6 heteroatoms. The lowest BCUT2D eigenvalue weighted by molar-refractivity contribution is 0.101. The maximum atomic E-state index is 12.7. The van der Waals surface area contributed by atoms with Crippen molar-refractivity contribution in [3.63, 3.8) is 0 Å². The van der Waals surface area contributed by atoms with Crippen LogP contribution in [0.3, 0.4) is 0 Å². The first kappa shape index (κ1) is 19.8. The van der Waals surface area contributed by atoms with Crippen molar-refractivity contribution in [2.75, 3.05) is 5.32 Å². The largest absolute Gasteiger partial charge is 0.344 e. The fraction of sp³-hybridized carbons (Fsp3) is 0.125. The van der Waals surface area contributed by atoms with Gasteiger partial charge in [-0.25, -0.2) is 4.98 Å². The van der Waals surface area contributed by atoms with E-state index in [0.29, 0.717) is 10.8 Å². The second-order valence-corrected chi connectivity index (χ2v) is 7.68. The third-order valence-electron chi connectivity index (χ3n) is 4.66. The van der Waals surface area contributed by atoms with E-state index in [2.05, 4.69) is 15.3 Å². The van der Waals surface area contributed by atoms with Crippen LogP contribution in [-0.2, 0) is 13.0 Å². The summed E-state index contributed by atoms with van der Waals surface area (Å²) in [4.78, 5) is 21.3. The van der Waals surface area contributed by atoms with E-state index in [0.717, 1.165) is 30.6 Å². The Bertz CT molecular complexity index is 1120. The molecule has 0 spiro atoms. The van der Waals surface area contributed by atoms with E-state index in [4.69, 9.17) is 0 Å². The lowest BCUT2D eigenvalue weighted by Crippen LogP contribution is -2.17. The average Bonchev–Trinajstić information content (AvgIpc) is 3.43. The summed E-state index contributed by atoms with van der Waals surface area (Å²) in [6.45, 7) is 0.779. The molecule has 0 fully saturated rings. The number of carbonyl (C=O) groups excluding carboxylic acids is 1. The monoisotopic (exact) mass is 414 g/mol. The van der Waals surface area contributed by atoms with E-state index >= 15 is 0 Å². The number of thiazole rings is 1. The molecule has 5 nitrogen and oxygen atoms in total. The molecule has 4 rings (SSSR count). The van der Waals surface area contributed by atoms with Crippen LogP contribution in [0.4, 0.5) is 5.13 Å². The van der Waals surface area contributed by atoms with Gasteiger partial charge >= 0.3 is 0 Å². The second kappa shape index (κ2) is 9.80. The molecule has 3 heterocycles. The Kier molecular flexibility index (Phi) is 6.47.